The number of rotatable bonds is 5. The van der Waals surface area contributed by atoms with E-state index in [0.717, 1.165) is 16.6 Å². The molecule has 6 heteroatoms. The molecule has 0 aliphatic carbocycles. The molecule has 1 heterocycles. The van der Waals surface area contributed by atoms with Crippen molar-refractivity contribution in [3.8, 4) is 11.3 Å². The highest BCUT2D eigenvalue weighted by molar-refractivity contribution is 5.96. The third-order valence-electron chi connectivity index (χ3n) is 4.20. The second-order valence-electron chi connectivity index (χ2n) is 6.50. The molecule has 0 fully saturated rings. The molecule has 0 bridgehead atoms. The van der Waals surface area contributed by atoms with Crippen molar-refractivity contribution in [3.05, 3.63) is 54.0 Å². The number of anilines is 1. The van der Waals surface area contributed by atoms with Crippen molar-refractivity contribution >= 4 is 22.7 Å². The number of aromatic nitrogens is 2. The number of carboxylic acid groups (broad SMARTS) is 1. The molecule has 2 N–H and O–H groups in total. The molecule has 3 aromatic rings. The normalized spacial score (nSPS) is 12.3. The molecule has 1 aromatic heterocycles. The van der Waals surface area contributed by atoms with E-state index in [0.29, 0.717) is 11.1 Å². The molecule has 1 atom stereocenters. The highest BCUT2D eigenvalue weighted by Crippen LogP contribution is 2.31. The van der Waals surface area contributed by atoms with Crippen molar-refractivity contribution < 1.29 is 14.3 Å². The zero-order chi connectivity index (χ0) is 18.8. The zero-order valence-electron chi connectivity index (χ0n) is 14.8. The maximum atomic E-state index is 14.1. The molecule has 0 aliphatic heterocycles. The second kappa shape index (κ2) is 7.07. The van der Waals surface area contributed by atoms with E-state index in [1.807, 2.05) is 32.0 Å². The number of carbonyl (C=O) groups is 1. The van der Waals surface area contributed by atoms with Gasteiger partial charge in [0.25, 0.3) is 0 Å². The fraction of sp³-hybridized carbons (Fsp3) is 0.250. The van der Waals surface area contributed by atoms with Crippen molar-refractivity contribution in [2.75, 3.05) is 5.32 Å². The maximum absolute atomic E-state index is 14.1. The molecule has 0 saturated carbocycles. The minimum absolute atomic E-state index is 0.129. The lowest BCUT2D eigenvalue weighted by atomic mass is 10.00. The Hall–Kier alpha value is -3.02. The van der Waals surface area contributed by atoms with Crippen LogP contribution < -0.4 is 5.32 Å². The minimum Gasteiger partial charge on any atom is -0.480 e. The molecule has 0 saturated heterocycles. The first kappa shape index (κ1) is 17.8. The lowest BCUT2D eigenvalue weighted by molar-refractivity contribution is -0.137. The summed E-state index contributed by atoms with van der Waals surface area (Å²) in [5.74, 6) is -0.906. The molecule has 26 heavy (non-hydrogen) atoms. The van der Waals surface area contributed by atoms with E-state index in [9.17, 15) is 9.18 Å². The summed E-state index contributed by atoms with van der Waals surface area (Å²) >= 11 is 0. The summed E-state index contributed by atoms with van der Waals surface area (Å²) < 4.78 is 14.1. The van der Waals surface area contributed by atoms with Gasteiger partial charge in [0, 0.05) is 16.6 Å². The van der Waals surface area contributed by atoms with Crippen LogP contribution in [0.3, 0.4) is 0 Å². The monoisotopic (exact) mass is 353 g/mol. The van der Waals surface area contributed by atoms with Crippen LogP contribution in [-0.2, 0) is 4.79 Å². The van der Waals surface area contributed by atoms with Crippen LogP contribution in [0.4, 0.5) is 10.3 Å². The Balaban J connectivity index is 2.17. The molecule has 0 amide bonds. The predicted octanol–water partition coefficient (Wildman–Crippen LogP) is 4.44. The Morgan fingerprint density at radius 1 is 1.08 bits per heavy atom. The van der Waals surface area contributed by atoms with E-state index < -0.39 is 12.0 Å². The summed E-state index contributed by atoms with van der Waals surface area (Å²) in [5.41, 5.74) is 2.18. The molecular weight excluding hydrogens is 333 g/mol. The maximum Gasteiger partial charge on any atom is 0.325 e. The highest BCUT2D eigenvalue weighted by Gasteiger charge is 2.16. The number of carboxylic acids is 1. The van der Waals surface area contributed by atoms with Crippen LogP contribution >= 0.6 is 0 Å². The van der Waals surface area contributed by atoms with E-state index in [2.05, 4.69) is 15.3 Å². The first-order valence-corrected chi connectivity index (χ1v) is 8.42. The molecule has 5 nitrogen and oxygen atoms in total. The van der Waals surface area contributed by atoms with Gasteiger partial charge in [-0.25, -0.2) is 14.4 Å². The van der Waals surface area contributed by atoms with Crippen molar-refractivity contribution in [1.82, 2.24) is 9.97 Å². The molecule has 0 radical (unpaired) electrons. The van der Waals surface area contributed by atoms with E-state index in [-0.39, 0.29) is 17.7 Å². The molecule has 3 rings (SSSR count). The summed E-state index contributed by atoms with van der Waals surface area (Å²) in [6.45, 7) is 5.53. The minimum atomic E-state index is -0.989. The van der Waals surface area contributed by atoms with Gasteiger partial charge in [-0.2, -0.15) is 0 Å². The molecule has 134 valence electrons. The van der Waals surface area contributed by atoms with Gasteiger partial charge in [-0.1, -0.05) is 38.1 Å². The van der Waals surface area contributed by atoms with Crippen molar-refractivity contribution in [2.24, 2.45) is 0 Å². The zero-order valence-corrected chi connectivity index (χ0v) is 14.8. The number of benzene rings is 2. The predicted molar refractivity (Wildman–Crippen MR) is 99.7 cm³/mol. The number of nitrogens with zero attached hydrogens (tertiary/aromatic N) is 2. The highest BCUT2D eigenvalue weighted by atomic mass is 19.1. The Bertz CT molecular complexity index is 972. The number of aliphatic carboxylic acids is 1. The van der Waals surface area contributed by atoms with Gasteiger partial charge in [0.05, 0.1) is 5.69 Å². The molecule has 0 spiro atoms. The third-order valence-corrected chi connectivity index (χ3v) is 4.20. The fourth-order valence-corrected chi connectivity index (χ4v) is 2.71. The van der Waals surface area contributed by atoms with Gasteiger partial charge in [0.2, 0.25) is 5.95 Å². The standard InChI is InChI=1S/C20H20FN3O2/c1-11(2)17-10-18(24-20(23-17)22-12(3)19(25)26)15-8-9-16(21)14-7-5-4-6-13(14)15/h4-12H,1-3H3,(H,25,26)(H,22,23,24). The van der Waals surface area contributed by atoms with Gasteiger partial charge < -0.3 is 10.4 Å². The van der Waals surface area contributed by atoms with Crippen LogP contribution in [-0.4, -0.2) is 27.1 Å². The van der Waals surface area contributed by atoms with Gasteiger partial charge >= 0.3 is 5.97 Å². The van der Waals surface area contributed by atoms with Gasteiger partial charge in [-0.05, 0) is 36.4 Å². The second-order valence-corrected chi connectivity index (χ2v) is 6.50. The van der Waals surface area contributed by atoms with Gasteiger partial charge in [-0.3, -0.25) is 4.79 Å². The van der Waals surface area contributed by atoms with Gasteiger partial charge in [0.1, 0.15) is 11.9 Å². The lowest BCUT2D eigenvalue weighted by Crippen LogP contribution is -2.26. The average molecular weight is 353 g/mol. The Morgan fingerprint density at radius 3 is 2.42 bits per heavy atom. The molecule has 1 unspecified atom stereocenters. The SMILES string of the molecule is CC(Nc1nc(-c2ccc(F)c3ccccc23)cc(C(C)C)n1)C(=O)O. The number of hydrogen-bond acceptors (Lipinski definition) is 4. The average Bonchev–Trinajstić information content (AvgIpc) is 2.61. The number of nitrogens with one attached hydrogen (secondary N) is 1. The topological polar surface area (TPSA) is 75.1 Å². The summed E-state index contributed by atoms with van der Waals surface area (Å²) in [6.07, 6.45) is 0. The van der Waals surface area contributed by atoms with Crippen molar-refractivity contribution in [3.63, 3.8) is 0 Å². The summed E-state index contributed by atoms with van der Waals surface area (Å²) in [5, 5.41) is 13.2. The van der Waals surface area contributed by atoms with Crippen LogP contribution in [0.2, 0.25) is 0 Å². The van der Waals surface area contributed by atoms with E-state index in [1.165, 1.54) is 13.0 Å². The van der Waals surface area contributed by atoms with Crippen LogP contribution in [0.5, 0.6) is 0 Å². The number of fused-ring (bicyclic) bond motifs is 1. The number of halogens is 1. The van der Waals surface area contributed by atoms with Crippen LogP contribution in [0.1, 0.15) is 32.4 Å². The largest absolute Gasteiger partial charge is 0.480 e. The fourth-order valence-electron chi connectivity index (χ4n) is 2.71. The van der Waals surface area contributed by atoms with Crippen molar-refractivity contribution in [2.45, 2.75) is 32.7 Å². The van der Waals surface area contributed by atoms with E-state index in [1.54, 1.807) is 18.2 Å². The third kappa shape index (κ3) is 3.49. The van der Waals surface area contributed by atoms with Crippen molar-refractivity contribution in [1.29, 1.82) is 0 Å². The summed E-state index contributed by atoms with van der Waals surface area (Å²) in [7, 11) is 0. The Kier molecular flexibility index (Phi) is 4.84. The lowest BCUT2D eigenvalue weighted by Gasteiger charge is -2.15. The first-order valence-electron chi connectivity index (χ1n) is 8.42. The Labute approximate surface area is 150 Å². The van der Waals surface area contributed by atoms with Gasteiger partial charge in [0.15, 0.2) is 0 Å². The summed E-state index contributed by atoms with van der Waals surface area (Å²) in [6, 6.07) is 11.4. The summed E-state index contributed by atoms with van der Waals surface area (Å²) in [4.78, 5) is 20.0. The van der Waals surface area contributed by atoms with Crippen LogP contribution in [0.25, 0.3) is 22.0 Å². The van der Waals surface area contributed by atoms with Crippen LogP contribution in [0, 0.1) is 5.82 Å². The Morgan fingerprint density at radius 2 is 1.77 bits per heavy atom. The molecule has 0 aliphatic rings. The van der Waals surface area contributed by atoms with E-state index in [4.69, 9.17) is 5.11 Å². The first-order chi connectivity index (χ1) is 12.4. The van der Waals surface area contributed by atoms with Crippen LogP contribution in [0.15, 0.2) is 42.5 Å². The van der Waals surface area contributed by atoms with Gasteiger partial charge in [-0.15, -0.1) is 0 Å². The molecule has 2 aromatic carbocycles. The quantitative estimate of drug-likeness (QED) is 0.709. The number of hydrogen-bond donors (Lipinski definition) is 2. The smallest absolute Gasteiger partial charge is 0.325 e. The molecular formula is C20H20FN3O2. The van der Waals surface area contributed by atoms with E-state index >= 15 is 0 Å².